The number of rotatable bonds is 3. The molecular weight excluding hydrogens is 244 g/mol. The van der Waals surface area contributed by atoms with Crippen molar-refractivity contribution in [2.45, 2.75) is 78.3 Å². The summed E-state index contributed by atoms with van der Waals surface area (Å²) in [5, 5.41) is 0. The molecule has 0 spiro atoms. The molecule has 2 heteroatoms. The van der Waals surface area contributed by atoms with Crippen molar-refractivity contribution in [3.63, 3.8) is 0 Å². The maximum Gasteiger partial charge on any atom is 0.0985 e. The van der Waals surface area contributed by atoms with E-state index in [1.807, 2.05) is 9.80 Å². The van der Waals surface area contributed by atoms with Crippen LogP contribution in [0.2, 0.25) is 0 Å². The second kappa shape index (κ2) is 5.28. The molecule has 2 saturated heterocycles. The van der Waals surface area contributed by atoms with Crippen molar-refractivity contribution in [1.29, 1.82) is 0 Å². The first-order valence-electron chi connectivity index (χ1n) is 9.10. The minimum atomic E-state index is 0.591. The maximum absolute atomic E-state index is 2.57. The van der Waals surface area contributed by atoms with Crippen LogP contribution in [0.3, 0.4) is 0 Å². The van der Waals surface area contributed by atoms with Crippen LogP contribution in [0, 0.1) is 10.8 Å². The summed E-state index contributed by atoms with van der Waals surface area (Å²) in [6.45, 7) is 15.7. The van der Waals surface area contributed by atoms with E-state index in [0.29, 0.717) is 10.8 Å². The zero-order valence-electron chi connectivity index (χ0n) is 14.2. The van der Waals surface area contributed by atoms with E-state index in [9.17, 15) is 0 Å². The Morgan fingerprint density at radius 3 is 2.35 bits per heavy atom. The number of nitrogens with one attached hydrogen (secondary N) is 2. The summed E-state index contributed by atoms with van der Waals surface area (Å²) in [5.74, 6) is 0. The number of hydrogen-bond acceptors (Lipinski definition) is 0. The van der Waals surface area contributed by atoms with Crippen molar-refractivity contribution in [2.24, 2.45) is 10.8 Å². The normalized spacial score (nSPS) is 47.4. The Labute approximate surface area is 125 Å². The number of likely N-dealkylation sites (tertiary alicyclic amines) is 2. The van der Waals surface area contributed by atoms with Gasteiger partial charge in [-0.3, -0.25) is 0 Å². The summed E-state index contributed by atoms with van der Waals surface area (Å²) in [5.41, 5.74) is 1.24. The molecule has 0 amide bonds. The smallest absolute Gasteiger partial charge is 0.0985 e. The zero-order valence-corrected chi connectivity index (χ0v) is 14.2. The number of fused-ring (bicyclic) bond motifs is 2. The van der Waals surface area contributed by atoms with Crippen LogP contribution in [0.15, 0.2) is 0 Å². The van der Waals surface area contributed by atoms with E-state index in [1.165, 1.54) is 64.7 Å². The molecular formula is C18H36N2+2. The van der Waals surface area contributed by atoms with Gasteiger partial charge in [0.25, 0.3) is 0 Å². The van der Waals surface area contributed by atoms with Crippen molar-refractivity contribution < 1.29 is 9.80 Å². The van der Waals surface area contributed by atoms with Crippen molar-refractivity contribution in [2.75, 3.05) is 26.2 Å². The molecule has 3 atom stereocenters. The molecule has 2 N–H and O–H groups in total. The first-order chi connectivity index (χ1) is 9.41. The molecule has 3 aliphatic rings. The van der Waals surface area contributed by atoms with Gasteiger partial charge in [0, 0.05) is 31.1 Å². The van der Waals surface area contributed by atoms with Crippen LogP contribution in [-0.4, -0.2) is 38.3 Å². The maximum atomic E-state index is 2.57. The molecule has 2 aliphatic heterocycles. The van der Waals surface area contributed by atoms with Gasteiger partial charge in [-0.2, -0.15) is 0 Å². The number of hydrogen-bond donors (Lipinski definition) is 2. The standard InChI is InChI=1S/C18H34N2/c1-5-8-19-9-6-15(7-10-19)20-14-18(4)12-16(20)11-17(2,3)13-18/h15-16H,5-14H2,1-4H3/p+2/t16-,18-/m1/s1. The average molecular weight is 280 g/mol. The lowest BCUT2D eigenvalue weighted by atomic mass is 9.65. The molecule has 116 valence electrons. The molecule has 0 radical (unpaired) electrons. The summed E-state index contributed by atoms with van der Waals surface area (Å²) in [6.07, 6.45) is 8.76. The lowest BCUT2D eigenvalue weighted by Gasteiger charge is -2.38. The molecule has 20 heavy (non-hydrogen) atoms. The first-order valence-corrected chi connectivity index (χ1v) is 9.10. The Kier molecular flexibility index (Phi) is 3.92. The molecule has 0 aromatic heterocycles. The monoisotopic (exact) mass is 280 g/mol. The van der Waals surface area contributed by atoms with Crippen LogP contribution >= 0.6 is 0 Å². The highest BCUT2D eigenvalue weighted by Gasteiger charge is 2.54. The summed E-state index contributed by atoms with van der Waals surface area (Å²) < 4.78 is 0. The van der Waals surface area contributed by atoms with Crippen molar-refractivity contribution in [3.8, 4) is 0 Å². The van der Waals surface area contributed by atoms with E-state index in [0.717, 1.165) is 12.1 Å². The minimum Gasteiger partial charge on any atom is -0.335 e. The Hall–Kier alpha value is -0.0800. The molecule has 3 fully saturated rings. The highest BCUT2D eigenvalue weighted by Crippen LogP contribution is 2.47. The quantitative estimate of drug-likeness (QED) is 0.761. The van der Waals surface area contributed by atoms with Crippen molar-refractivity contribution in [3.05, 3.63) is 0 Å². The van der Waals surface area contributed by atoms with E-state index in [4.69, 9.17) is 0 Å². The van der Waals surface area contributed by atoms with Gasteiger partial charge in [0.05, 0.1) is 38.3 Å². The van der Waals surface area contributed by atoms with Gasteiger partial charge in [-0.25, -0.2) is 0 Å². The molecule has 1 unspecified atom stereocenters. The second-order valence-electron chi connectivity index (χ2n) is 9.28. The van der Waals surface area contributed by atoms with E-state index in [-0.39, 0.29) is 0 Å². The predicted octanol–water partition coefficient (Wildman–Crippen LogP) is 0.927. The van der Waals surface area contributed by atoms with E-state index >= 15 is 0 Å². The van der Waals surface area contributed by atoms with Gasteiger partial charge in [0.15, 0.2) is 0 Å². The van der Waals surface area contributed by atoms with E-state index in [2.05, 4.69) is 27.7 Å². The lowest BCUT2D eigenvalue weighted by Crippen LogP contribution is -3.21. The Balaban J connectivity index is 1.62. The summed E-state index contributed by atoms with van der Waals surface area (Å²) >= 11 is 0. The molecule has 3 rings (SSSR count). The van der Waals surface area contributed by atoms with Gasteiger partial charge in [-0.15, -0.1) is 0 Å². The number of quaternary nitrogens is 2. The molecule has 1 aliphatic carbocycles. The highest BCUT2D eigenvalue weighted by atomic mass is 15.2. The average Bonchev–Trinajstić information content (AvgIpc) is 2.60. The van der Waals surface area contributed by atoms with Gasteiger partial charge in [0.2, 0.25) is 0 Å². The summed E-state index contributed by atoms with van der Waals surface area (Å²) in [4.78, 5) is 3.88. The Morgan fingerprint density at radius 2 is 1.70 bits per heavy atom. The van der Waals surface area contributed by atoms with Crippen LogP contribution in [0.25, 0.3) is 0 Å². The van der Waals surface area contributed by atoms with Crippen LogP contribution in [0.5, 0.6) is 0 Å². The third-order valence-corrected chi connectivity index (χ3v) is 6.42. The Bertz CT molecular complexity index is 343. The van der Waals surface area contributed by atoms with Gasteiger partial charge >= 0.3 is 0 Å². The Morgan fingerprint density at radius 1 is 1.00 bits per heavy atom. The fourth-order valence-corrected chi connectivity index (χ4v) is 6.15. The van der Waals surface area contributed by atoms with Crippen LogP contribution in [0.1, 0.15) is 66.2 Å². The molecule has 2 nitrogen and oxygen atoms in total. The molecule has 1 saturated carbocycles. The predicted molar refractivity (Wildman–Crippen MR) is 84.2 cm³/mol. The highest BCUT2D eigenvalue weighted by molar-refractivity contribution is 4.95. The minimum absolute atomic E-state index is 0.591. The topological polar surface area (TPSA) is 8.88 Å². The summed E-state index contributed by atoms with van der Waals surface area (Å²) in [7, 11) is 0. The van der Waals surface area contributed by atoms with Gasteiger partial charge in [-0.05, 0) is 18.3 Å². The van der Waals surface area contributed by atoms with Crippen LogP contribution < -0.4 is 9.80 Å². The fourth-order valence-electron chi connectivity index (χ4n) is 6.15. The van der Waals surface area contributed by atoms with Gasteiger partial charge in [-0.1, -0.05) is 27.7 Å². The van der Waals surface area contributed by atoms with Crippen LogP contribution in [-0.2, 0) is 0 Å². The molecule has 2 heterocycles. The molecule has 0 aromatic rings. The van der Waals surface area contributed by atoms with Crippen molar-refractivity contribution >= 4 is 0 Å². The number of piperidine rings is 1. The first kappa shape index (κ1) is 14.8. The SMILES string of the molecule is CCC[NH+]1CCC([NH+]2C[C@]3(C)C[C@H]2CC(C)(C)C3)CC1. The van der Waals surface area contributed by atoms with Gasteiger partial charge < -0.3 is 9.80 Å². The van der Waals surface area contributed by atoms with Crippen molar-refractivity contribution in [1.82, 2.24) is 0 Å². The molecule has 2 bridgehead atoms. The largest absolute Gasteiger partial charge is 0.335 e. The fraction of sp³-hybridized carbons (Fsp3) is 1.00. The third kappa shape index (κ3) is 2.92. The van der Waals surface area contributed by atoms with E-state index in [1.54, 1.807) is 0 Å². The molecule has 0 aromatic carbocycles. The second-order valence-corrected chi connectivity index (χ2v) is 9.28. The lowest BCUT2D eigenvalue weighted by molar-refractivity contribution is -0.966. The third-order valence-electron chi connectivity index (χ3n) is 6.42. The van der Waals surface area contributed by atoms with Gasteiger partial charge in [0.1, 0.15) is 0 Å². The zero-order chi connectivity index (χ0) is 14.4. The van der Waals surface area contributed by atoms with Crippen LogP contribution in [0.4, 0.5) is 0 Å². The summed E-state index contributed by atoms with van der Waals surface area (Å²) in [6, 6.07) is 1.96. The van der Waals surface area contributed by atoms with E-state index < -0.39 is 0 Å².